The van der Waals surface area contributed by atoms with Gasteiger partial charge in [0.15, 0.2) is 0 Å². The summed E-state index contributed by atoms with van der Waals surface area (Å²) >= 11 is 0. The van der Waals surface area contributed by atoms with E-state index in [-0.39, 0.29) is 0 Å². The van der Waals surface area contributed by atoms with Crippen molar-refractivity contribution >= 4 is 43.5 Å². The molecule has 0 unspecified atom stereocenters. The molecule has 138 valence electrons. The first-order chi connectivity index (χ1) is 14.2. The predicted octanol–water partition coefficient (Wildman–Crippen LogP) is 8.18. The Kier molecular flexibility index (Phi) is 3.36. The van der Waals surface area contributed by atoms with Crippen molar-refractivity contribution in [1.29, 1.82) is 0 Å². The fraction of sp³-hybridized carbons (Fsp3) is 0.0714. The van der Waals surface area contributed by atoms with Crippen LogP contribution < -0.4 is 0 Å². The molecule has 6 rings (SSSR count). The zero-order chi connectivity index (χ0) is 19.5. The lowest BCUT2D eigenvalue weighted by molar-refractivity contribution is 0.673. The fourth-order valence-corrected chi connectivity index (χ4v) is 4.67. The Hall–Kier alpha value is -3.58. The molecule has 29 heavy (non-hydrogen) atoms. The van der Waals surface area contributed by atoms with E-state index in [1.807, 2.05) is 0 Å². The molecule has 1 heterocycles. The Morgan fingerprint density at radius 3 is 2.03 bits per heavy atom. The summed E-state index contributed by atoms with van der Waals surface area (Å²) in [6, 6.07) is 30.3. The summed E-state index contributed by atoms with van der Waals surface area (Å²) in [5, 5.41) is 7.29. The number of hydrogen-bond donors (Lipinski definition) is 0. The van der Waals surface area contributed by atoms with E-state index >= 15 is 0 Å². The van der Waals surface area contributed by atoms with Crippen LogP contribution in [0.3, 0.4) is 0 Å². The molecule has 0 spiro atoms. The normalized spacial score (nSPS) is 11.8. The van der Waals surface area contributed by atoms with Crippen molar-refractivity contribution in [2.75, 3.05) is 0 Å². The lowest BCUT2D eigenvalue weighted by Crippen LogP contribution is -1.87. The van der Waals surface area contributed by atoms with Crippen LogP contribution in [0.15, 0.2) is 89.3 Å². The largest absolute Gasteiger partial charge is 0.455 e. The number of hydrogen-bond acceptors (Lipinski definition) is 1. The third kappa shape index (κ3) is 2.28. The molecule has 0 atom stereocenters. The highest BCUT2D eigenvalue weighted by atomic mass is 16.3. The molecule has 1 heteroatoms. The summed E-state index contributed by atoms with van der Waals surface area (Å²) in [5.41, 5.74) is 6.90. The van der Waals surface area contributed by atoms with Crippen LogP contribution in [0.25, 0.3) is 54.6 Å². The van der Waals surface area contributed by atoms with E-state index < -0.39 is 0 Å². The standard InChI is InChI=1S/C28H20O/c1-17-7-3-5-9-20(17)26-18(2)11-13-25-24-16-15-22-21-10-6-4-8-19(21)12-14-23(22)27(24)29-28(25)26/h3-16H,1-2H3. The summed E-state index contributed by atoms with van der Waals surface area (Å²) < 4.78 is 6.64. The van der Waals surface area contributed by atoms with Crippen LogP contribution in [-0.2, 0) is 0 Å². The summed E-state index contributed by atoms with van der Waals surface area (Å²) in [6.07, 6.45) is 0. The third-order valence-corrected chi connectivity index (χ3v) is 6.15. The van der Waals surface area contributed by atoms with E-state index in [9.17, 15) is 0 Å². The Balaban J connectivity index is 1.78. The van der Waals surface area contributed by atoms with Crippen molar-refractivity contribution in [1.82, 2.24) is 0 Å². The van der Waals surface area contributed by atoms with E-state index in [0.717, 1.165) is 11.2 Å². The third-order valence-electron chi connectivity index (χ3n) is 6.15. The number of furan rings is 1. The minimum Gasteiger partial charge on any atom is -0.455 e. The Morgan fingerprint density at radius 1 is 0.483 bits per heavy atom. The number of fused-ring (bicyclic) bond motifs is 7. The van der Waals surface area contributed by atoms with Crippen LogP contribution >= 0.6 is 0 Å². The maximum absolute atomic E-state index is 6.64. The monoisotopic (exact) mass is 372 g/mol. The molecule has 0 amide bonds. The molecule has 0 radical (unpaired) electrons. The van der Waals surface area contributed by atoms with Gasteiger partial charge in [0.05, 0.1) is 0 Å². The van der Waals surface area contributed by atoms with Crippen molar-refractivity contribution in [3.63, 3.8) is 0 Å². The molecule has 0 fully saturated rings. The van der Waals surface area contributed by atoms with E-state index in [2.05, 4.69) is 98.8 Å². The van der Waals surface area contributed by atoms with Crippen molar-refractivity contribution in [2.24, 2.45) is 0 Å². The van der Waals surface area contributed by atoms with Gasteiger partial charge in [0.1, 0.15) is 11.2 Å². The van der Waals surface area contributed by atoms with Crippen LogP contribution in [0.5, 0.6) is 0 Å². The van der Waals surface area contributed by atoms with E-state index in [0.29, 0.717) is 0 Å². The lowest BCUT2D eigenvalue weighted by Gasteiger charge is -2.09. The molecule has 0 bridgehead atoms. The molecule has 6 aromatic rings. The van der Waals surface area contributed by atoms with Crippen LogP contribution in [-0.4, -0.2) is 0 Å². The summed E-state index contributed by atoms with van der Waals surface area (Å²) in [6.45, 7) is 4.33. The lowest BCUT2D eigenvalue weighted by atomic mass is 9.94. The Bertz CT molecular complexity index is 1570. The molecule has 1 aromatic heterocycles. The van der Waals surface area contributed by atoms with Crippen molar-refractivity contribution in [2.45, 2.75) is 13.8 Å². The van der Waals surface area contributed by atoms with Crippen LogP contribution in [0.1, 0.15) is 11.1 Å². The van der Waals surface area contributed by atoms with Gasteiger partial charge in [-0.3, -0.25) is 0 Å². The maximum atomic E-state index is 6.64. The van der Waals surface area contributed by atoms with Gasteiger partial charge in [-0.25, -0.2) is 0 Å². The van der Waals surface area contributed by atoms with Gasteiger partial charge < -0.3 is 4.42 Å². The quantitative estimate of drug-likeness (QED) is 0.265. The molecule has 0 saturated heterocycles. The number of aryl methyl sites for hydroxylation is 2. The van der Waals surface area contributed by atoms with Crippen LogP contribution in [0.2, 0.25) is 0 Å². The van der Waals surface area contributed by atoms with E-state index in [1.165, 1.54) is 54.6 Å². The highest BCUT2D eigenvalue weighted by Crippen LogP contribution is 2.41. The van der Waals surface area contributed by atoms with Gasteiger partial charge in [0.25, 0.3) is 0 Å². The van der Waals surface area contributed by atoms with Crippen molar-refractivity contribution < 1.29 is 4.42 Å². The molecule has 0 aliphatic heterocycles. The van der Waals surface area contributed by atoms with E-state index in [1.54, 1.807) is 0 Å². The fourth-order valence-electron chi connectivity index (χ4n) is 4.67. The zero-order valence-electron chi connectivity index (χ0n) is 16.5. The van der Waals surface area contributed by atoms with Gasteiger partial charge in [-0.15, -0.1) is 0 Å². The second-order valence-corrected chi connectivity index (χ2v) is 7.88. The second kappa shape index (κ2) is 5.96. The predicted molar refractivity (Wildman–Crippen MR) is 124 cm³/mol. The number of benzene rings is 5. The SMILES string of the molecule is Cc1ccccc1-c1c(C)ccc2c1oc1c2ccc2c3ccccc3ccc21. The van der Waals surface area contributed by atoms with Gasteiger partial charge >= 0.3 is 0 Å². The van der Waals surface area contributed by atoms with E-state index in [4.69, 9.17) is 4.42 Å². The molecule has 0 aliphatic carbocycles. The minimum atomic E-state index is 0.976. The first kappa shape index (κ1) is 16.4. The van der Waals surface area contributed by atoms with Crippen LogP contribution in [0, 0.1) is 13.8 Å². The molecule has 0 saturated carbocycles. The van der Waals surface area contributed by atoms with Gasteiger partial charge in [0, 0.05) is 21.7 Å². The second-order valence-electron chi connectivity index (χ2n) is 7.88. The molecule has 0 aliphatic rings. The molecule has 0 N–H and O–H groups in total. The smallest absolute Gasteiger partial charge is 0.143 e. The Morgan fingerprint density at radius 2 is 1.14 bits per heavy atom. The average molecular weight is 372 g/mol. The summed E-state index contributed by atoms with van der Waals surface area (Å²) in [7, 11) is 0. The highest BCUT2D eigenvalue weighted by Gasteiger charge is 2.17. The minimum absolute atomic E-state index is 0.976. The van der Waals surface area contributed by atoms with Crippen molar-refractivity contribution in [3.8, 4) is 11.1 Å². The molecule has 5 aromatic carbocycles. The average Bonchev–Trinajstić information content (AvgIpc) is 3.13. The zero-order valence-corrected chi connectivity index (χ0v) is 16.5. The first-order valence-corrected chi connectivity index (χ1v) is 10.0. The highest BCUT2D eigenvalue weighted by molar-refractivity contribution is 6.21. The summed E-state index contributed by atoms with van der Waals surface area (Å²) in [5.74, 6) is 0. The first-order valence-electron chi connectivity index (χ1n) is 10.0. The topological polar surface area (TPSA) is 13.1 Å². The maximum Gasteiger partial charge on any atom is 0.143 e. The molecular weight excluding hydrogens is 352 g/mol. The molecular formula is C28H20O. The summed E-state index contributed by atoms with van der Waals surface area (Å²) in [4.78, 5) is 0. The van der Waals surface area contributed by atoms with Crippen LogP contribution in [0.4, 0.5) is 0 Å². The van der Waals surface area contributed by atoms with Gasteiger partial charge in [-0.05, 0) is 58.8 Å². The Labute approximate surface area is 169 Å². The van der Waals surface area contributed by atoms with Gasteiger partial charge in [-0.2, -0.15) is 0 Å². The van der Waals surface area contributed by atoms with Gasteiger partial charge in [-0.1, -0.05) is 72.8 Å². The van der Waals surface area contributed by atoms with Gasteiger partial charge in [0.2, 0.25) is 0 Å². The molecule has 1 nitrogen and oxygen atoms in total. The van der Waals surface area contributed by atoms with Crippen molar-refractivity contribution in [3.05, 3.63) is 96.1 Å². The number of rotatable bonds is 1.